The van der Waals surface area contributed by atoms with E-state index in [1.165, 1.54) is 45.2 Å². The fourth-order valence-corrected chi connectivity index (χ4v) is 1.76. The normalized spacial score (nSPS) is 10.1. The summed E-state index contributed by atoms with van der Waals surface area (Å²) in [5.41, 5.74) is 0. The van der Waals surface area contributed by atoms with Crippen LogP contribution in [0.15, 0.2) is 0 Å². The third-order valence-corrected chi connectivity index (χ3v) is 2.70. The minimum Gasteiger partial charge on any atom is -0.481 e. The SMILES string of the molecule is CCCCCCCC(=O)O.CCCN(C)CCC. The number of hydrogen-bond donors (Lipinski definition) is 1. The summed E-state index contributed by atoms with van der Waals surface area (Å²) in [6.45, 7) is 9.07. The number of carboxylic acid groups (broad SMARTS) is 1. The van der Waals surface area contributed by atoms with Crippen LogP contribution in [-0.4, -0.2) is 36.1 Å². The molecule has 1 N–H and O–H groups in total. The molecule has 0 saturated carbocycles. The Balaban J connectivity index is 0. The van der Waals surface area contributed by atoms with E-state index in [0.29, 0.717) is 6.42 Å². The zero-order chi connectivity index (χ0) is 14.2. The molecule has 0 amide bonds. The van der Waals surface area contributed by atoms with Gasteiger partial charge in [0.05, 0.1) is 0 Å². The highest BCUT2D eigenvalue weighted by Gasteiger charge is 1.94. The van der Waals surface area contributed by atoms with Crippen molar-refractivity contribution in [3.8, 4) is 0 Å². The highest BCUT2D eigenvalue weighted by atomic mass is 16.4. The van der Waals surface area contributed by atoms with Crippen LogP contribution in [0, 0.1) is 0 Å². The average Bonchev–Trinajstić information content (AvgIpc) is 2.30. The lowest BCUT2D eigenvalue weighted by Crippen LogP contribution is -2.19. The zero-order valence-electron chi connectivity index (χ0n) is 12.9. The van der Waals surface area contributed by atoms with Gasteiger partial charge in [0.2, 0.25) is 0 Å². The van der Waals surface area contributed by atoms with Crippen LogP contribution in [0.1, 0.15) is 72.1 Å². The van der Waals surface area contributed by atoms with Gasteiger partial charge in [-0.1, -0.05) is 46.5 Å². The molecule has 0 aliphatic heterocycles. The predicted octanol–water partition coefficient (Wildman–Crippen LogP) is 4.17. The van der Waals surface area contributed by atoms with Crippen molar-refractivity contribution < 1.29 is 9.90 Å². The largest absolute Gasteiger partial charge is 0.481 e. The maximum atomic E-state index is 10.0. The third-order valence-electron chi connectivity index (χ3n) is 2.70. The van der Waals surface area contributed by atoms with E-state index in [9.17, 15) is 4.79 Å². The number of hydrogen-bond acceptors (Lipinski definition) is 2. The van der Waals surface area contributed by atoms with E-state index < -0.39 is 5.97 Å². The molecular weight excluding hydrogens is 226 g/mol. The highest BCUT2D eigenvalue weighted by Crippen LogP contribution is 2.04. The molecule has 110 valence electrons. The molecule has 0 fully saturated rings. The molecule has 0 aliphatic rings. The fraction of sp³-hybridized carbons (Fsp3) is 0.933. The van der Waals surface area contributed by atoms with Gasteiger partial charge in [0.25, 0.3) is 0 Å². The van der Waals surface area contributed by atoms with Crippen molar-refractivity contribution in [2.45, 2.75) is 72.1 Å². The van der Waals surface area contributed by atoms with Gasteiger partial charge in [0.1, 0.15) is 0 Å². The van der Waals surface area contributed by atoms with Crippen molar-refractivity contribution in [3.05, 3.63) is 0 Å². The Hall–Kier alpha value is -0.570. The number of rotatable bonds is 10. The molecule has 0 aromatic rings. The second kappa shape index (κ2) is 16.4. The van der Waals surface area contributed by atoms with Gasteiger partial charge in [0, 0.05) is 6.42 Å². The number of carbonyl (C=O) groups is 1. The molecule has 3 nitrogen and oxygen atoms in total. The molecule has 0 heterocycles. The Bertz CT molecular complexity index is 166. The molecule has 0 bridgehead atoms. The predicted molar refractivity (Wildman–Crippen MR) is 79.1 cm³/mol. The van der Waals surface area contributed by atoms with E-state index in [2.05, 4.69) is 32.7 Å². The maximum Gasteiger partial charge on any atom is 0.303 e. The first kappa shape index (κ1) is 19.8. The van der Waals surface area contributed by atoms with Gasteiger partial charge in [-0.2, -0.15) is 0 Å². The Labute approximate surface area is 114 Å². The van der Waals surface area contributed by atoms with E-state index in [1.807, 2.05) is 0 Å². The summed E-state index contributed by atoms with van der Waals surface area (Å²) in [6.07, 6.45) is 8.43. The fourth-order valence-electron chi connectivity index (χ4n) is 1.76. The van der Waals surface area contributed by atoms with Crippen molar-refractivity contribution in [2.24, 2.45) is 0 Å². The molecule has 0 aromatic carbocycles. The van der Waals surface area contributed by atoms with Gasteiger partial charge in [-0.25, -0.2) is 0 Å². The van der Waals surface area contributed by atoms with E-state index in [0.717, 1.165) is 12.8 Å². The van der Waals surface area contributed by atoms with Crippen LogP contribution in [-0.2, 0) is 4.79 Å². The number of unbranched alkanes of at least 4 members (excludes halogenated alkanes) is 4. The Morgan fingerprint density at radius 2 is 1.39 bits per heavy atom. The molecule has 0 rings (SSSR count). The molecule has 0 atom stereocenters. The lowest BCUT2D eigenvalue weighted by Gasteiger charge is -2.12. The molecule has 0 saturated heterocycles. The second-order valence-electron chi connectivity index (χ2n) is 4.86. The van der Waals surface area contributed by atoms with Gasteiger partial charge in [-0.05, 0) is 39.4 Å². The van der Waals surface area contributed by atoms with Crippen LogP contribution in [0.3, 0.4) is 0 Å². The summed E-state index contributed by atoms with van der Waals surface area (Å²) in [6, 6.07) is 0. The average molecular weight is 259 g/mol. The highest BCUT2D eigenvalue weighted by molar-refractivity contribution is 5.66. The van der Waals surface area contributed by atoms with Gasteiger partial charge >= 0.3 is 5.97 Å². The number of nitrogens with zero attached hydrogens (tertiary/aromatic N) is 1. The molecule has 0 radical (unpaired) electrons. The maximum absolute atomic E-state index is 10.0. The lowest BCUT2D eigenvalue weighted by molar-refractivity contribution is -0.137. The summed E-state index contributed by atoms with van der Waals surface area (Å²) in [7, 11) is 2.17. The van der Waals surface area contributed by atoms with Crippen LogP contribution < -0.4 is 0 Å². The summed E-state index contributed by atoms with van der Waals surface area (Å²) < 4.78 is 0. The first-order valence-electron chi connectivity index (χ1n) is 7.48. The monoisotopic (exact) mass is 259 g/mol. The molecule has 0 unspecified atom stereocenters. The summed E-state index contributed by atoms with van der Waals surface area (Å²) in [5, 5.41) is 8.27. The Morgan fingerprint density at radius 1 is 0.889 bits per heavy atom. The smallest absolute Gasteiger partial charge is 0.303 e. The van der Waals surface area contributed by atoms with E-state index in [1.54, 1.807) is 0 Å². The quantitative estimate of drug-likeness (QED) is 0.599. The molecule has 0 aliphatic carbocycles. The Morgan fingerprint density at radius 3 is 1.78 bits per heavy atom. The van der Waals surface area contributed by atoms with E-state index in [4.69, 9.17) is 5.11 Å². The van der Waals surface area contributed by atoms with Crippen molar-refractivity contribution in [1.29, 1.82) is 0 Å². The molecule has 3 heteroatoms. The van der Waals surface area contributed by atoms with E-state index >= 15 is 0 Å². The minimum absolute atomic E-state index is 0.337. The zero-order valence-corrected chi connectivity index (χ0v) is 12.9. The lowest BCUT2D eigenvalue weighted by atomic mass is 10.1. The molecule has 0 spiro atoms. The molecule has 0 aromatic heterocycles. The van der Waals surface area contributed by atoms with Gasteiger partial charge in [-0.15, -0.1) is 0 Å². The summed E-state index contributed by atoms with van der Waals surface area (Å²) in [4.78, 5) is 12.4. The van der Waals surface area contributed by atoms with Crippen LogP contribution in [0.5, 0.6) is 0 Å². The summed E-state index contributed by atoms with van der Waals surface area (Å²) in [5.74, 6) is -0.670. The first-order chi connectivity index (χ1) is 8.58. The topological polar surface area (TPSA) is 40.5 Å². The van der Waals surface area contributed by atoms with Crippen LogP contribution in [0.2, 0.25) is 0 Å². The van der Waals surface area contributed by atoms with E-state index in [-0.39, 0.29) is 0 Å². The van der Waals surface area contributed by atoms with Crippen LogP contribution >= 0.6 is 0 Å². The van der Waals surface area contributed by atoms with Crippen molar-refractivity contribution >= 4 is 5.97 Å². The minimum atomic E-state index is -0.670. The van der Waals surface area contributed by atoms with Gasteiger partial charge < -0.3 is 10.0 Å². The molecular formula is C15H33NO2. The van der Waals surface area contributed by atoms with Crippen molar-refractivity contribution in [2.75, 3.05) is 20.1 Å². The van der Waals surface area contributed by atoms with Crippen molar-refractivity contribution in [3.63, 3.8) is 0 Å². The van der Waals surface area contributed by atoms with Crippen molar-refractivity contribution in [1.82, 2.24) is 4.90 Å². The first-order valence-corrected chi connectivity index (χ1v) is 7.48. The Kier molecular flexibility index (Phi) is 18.0. The summed E-state index contributed by atoms with van der Waals surface area (Å²) >= 11 is 0. The third kappa shape index (κ3) is 20.8. The van der Waals surface area contributed by atoms with Gasteiger partial charge in [-0.3, -0.25) is 4.79 Å². The van der Waals surface area contributed by atoms with Crippen LogP contribution in [0.4, 0.5) is 0 Å². The number of aliphatic carboxylic acids is 1. The standard InChI is InChI=1S/C8H16O2.C7H17N/c1-2-3-4-5-6-7-8(9)10;1-4-6-8(3)7-5-2/h2-7H2,1H3,(H,9,10);4-7H2,1-3H3. The van der Waals surface area contributed by atoms with Crippen LogP contribution in [0.25, 0.3) is 0 Å². The molecule has 18 heavy (non-hydrogen) atoms. The van der Waals surface area contributed by atoms with Gasteiger partial charge in [0.15, 0.2) is 0 Å². The second-order valence-corrected chi connectivity index (χ2v) is 4.86. The number of carboxylic acids is 1.